The van der Waals surface area contributed by atoms with Gasteiger partial charge < -0.3 is 20.1 Å². The minimum absolute atomic E-state index is 0.0405. The molecule has 2 N–H and O–H groups in total. The number of thiocarbonyl (C=S) groups is 1. The largest absolute Gasteiger partial charge is 0.497 e. The van der Waals surface area contributed by atoms with E-state index in [9.17, 15) is 8.78 Å². The van der Waals surface area contributed by atoms with E-state index in [1.54, 1.807) is 18.2 Å². The molecule has 2 aromatic rings. The Hall–Kier alpha value is -1.93. The highest BCUT2D eigenvalue weighted by Crippen LogP contribution is 2.28. The fraction of sp³-hybridized carbons (Fsp3) is 0.133. The van der Waals surface area contributed by atoms with Gasteiger partial charge in [-0.1, -0.05) is 0 Å². The number of benzene rings is 2. The molecule has 0 amide bonds. The van der Waals surface area contributed by atoms with Crippen LogP contribution in [0.1, 0.15) is 0 Å². The van der Waals surface area contributed by atoms with Crippen LogP contribution >= 0.6 is 28.1 Å². The van der Waals surface area contributed by atoms with Gasteiger partial charge in [-0.15, -0.1) is 0 Å². The van der Waals surface area contributed by atoms with Crippen molar-refractivity contribution in [2.24, 2.45) is 0 Å². The summed E-state index contributed by atoms with van der Waals surface area (Å²) in [6, 6.07) is 7.02. The molecule has 0 bridgehead atoms. The summed E-state index contributed by atoms with van der Waals surface area (Å²) in [4.78, 5) is 0. The van der Waals surface area contributed by atoms with Crippen molar-refractivity contribution >= 4 is 44.6 Å². The monoisotopic (exact) mass is 402 g/mol. The van der Waals surface area contributed by atoms with Gasteiger partial charge in [0.1, 0.15) is 17.3 Å². The minimum Gasteiger partial charge on any atom is -0.497 e. The first-order valence-electron chi connectivity index (χ1n) is 6.38. The molecule has 0 spiro atoms. The van der Waals surface area contributed by atoms with Crippen molar-refractivity contribution in [3.8, 4) is 11.5 Å². The third kappa shape index (κ3) is 4.52. The molecular formula is C15H13BrF2N2O2S. The van der Waals surface area contributed by atoms with Crippen LogP contribution < -0.4 is 20.1 Å². The Balaban J connectivity index is 2.17. The van der Waals surface area contributed by atoms with Crippen molar-refractivity contribution in [3.63, 3.8) is 0 Å². The van der Waals surface area contributed by atoms with Crippen molar-refractivity contribution in [3.05, 3.63) is 46.4 Å². The number of anilines is 2. The molecule has 0 fully saturated rings. The Kier molecular flexibility index (Phi) is 5.73. The maximum atomic E-state index is 13.8. The van der Waals surface area contributed by atoms with Crippen LogP contribution in [-0.2, 0) is 0 Å². The van der Waals surface area contributed by atoms with Gasteiger partial charge >= 0.3 is 0 Å². The molecule has 0 atom stereocenters. The van der Waals surface area contributed by atoms with E-state index in [-0.39, 0.29) is 15.3 Å². The van der Waals surface area contributed by atoms with Gasteiger partial charge in [-0.3, -0.25) is 0 Å². The van der Waals surface area contributed by atoms with Gasteiger partial charge in [0, 0.05) is 34.4 Å². The van der Waals surface area contributed by atoms with Crippen LogP contribution in [0.4, 0.5) is 20.2 Å². The zero-order valence-corrected chi connectivity index (χ0v) is 14.6. The second-order valence-corrected chi connectivity index (χ2v) is 5.69. The smallest absolute Gasteiger partial charge is 0.175 e. The first kappa shape index (κ1) is 17.4. The van der Waals surface area contributed by atoms with Gasteiger partial charge in [0.2, 0.25) is 0 Å². The third-order valence-electron chi connectivity index (χ3n) is 2.85. The van der Waals surface area contributed by atoms with Gasteiger partial charge in [-0.2, -0.15) is 0 Å². The topological polar surface area (TPSA) is 42.5 Å². The molecule has 0 unspecified atom stereocenters. The number of nitrogens with one attached hydrogen (secondary N) is 2. The second kappa shape index (κ2) is 7.56. The van der Waals surface area contributed by atoms with Crippen molar-refractivity contribution in [2.75, 3.05) is 24.9 Å². The van der Waals surface area contributed by atoms with Crippen LogP contribution in [0, 0.1) is 11.6 Å². The van der Waals surface area contributed by atoms with E-state index in [1.165, 1.54) is 14.2 Å². The van der Waals surface area contributed by atoms with E-state index in [0.717, 1.165) is 12.1 Å². The number of ether oxygens (including phenoxy) is 2. The summed E-state index contributed by atoms with van der Waals surface area (Å²) in [7, 11) is 3.06. The van der Waals surface area contributed by atoms with E-state index >= 15 is 0 Å². The van der Waals surface area contributed by atoms with E-state index in [1.807, 2.05) is 0 Å². The quantitative estimate of drug-likeness (QED) is 0.734. The summed E-state index contributed by atoms with van der Waals surface area (Å²) in [5, 5.41) is 5.70. The molecule has 122 valence electrons. The van der Waals surface area contributed by atoms with E-state index in [0.29, 0.717) is 17.2 Å². The van der Waals surface area contributed by atoms with Gasteiger partial charge in [0.25, 0.3) is 0 Å². The van der Waals surface area contributed by atoms with Crippen LogP contribution in [0.5, 0.6) is 11.5 Å². The summed E-state index contributed by atoms with van der Waals surface area (Å²) < 4.78 is 37.4. The standard InChI is InChI=1S/C15H13BrF2N2O2S/c1-21-10-5-9(6-11(7-10)22-2)19-15(23)20-14-12(16)3-8(17)4-13(14)18/h3-7H,1-2H3,(H2,19,20,23). The minimum atomic E-state index is -0.760. The Labute approximate surface area is 145 Å². The van der Waals surface area contributed by atoms with Crippen LogP contribution in [0.25, 0.3) is 0 Å². The molecule has 0 radical (unpaired) electrons. The first-order chi connectivity index (χ1) is 10.9. The number of methoxy groups -OCH3 is 2. The fourth-order valence-electron chi connectivity index (χ4n) is 1.82. The van der Waals surface area contributed by atoms with Crippen molar-refractivity contribution in [2.45, 2.75) is 0 Å². The van der Waals surface area contributed by atoms with Gasteiger partial charge in [-0.05, 0) is 34.2 Å². The maximum Gasteiger partial charge on any atom is 0.175 e. The molecule has 2 aromatic carbocycles. The second-order valence-electron chi connectivity index (χ2n) is 4.42. The lowest BCUT2D eigenvalue weighted by Gasteiger charge is -2.14. The molecule has 0 aliphatic carbocycles. The SMILES string of the molecule is COc1cc(NC(=S)Nc2c(F)cc(F)cc2Br)cc(OC)c1. The van der Waals surface area contributed by atoms with Gasteiger partial charge in [-0.25, -0.2) is 8.78 Å². The number of rotatable bonds is 4. The molecule has 0 aliphatic rings. The van der Waals surface area contributed by atoms with Gasteiger partial charge in [0.15, 0.2) is 10.9 Å². The van der Waals surface area contributed by atoms with Gasteiger partial charge in [0.05, 0.1) is 19.9 Å². The lowest BCUT2D eigenvalue weighted by Crippen LogP contribution is -2.20. The molecule has 0 aliphatic heterocycles. The fourth-order valence-corrected chi connectivity index (χ4v) is 2.54. The molecule has 8 heteroatoms. The highest BCUT2D eigenvalue weighted by atomic mass is 79.9. The molecule has 2 rings (SSSR count). The summed E-state index contributed by atoms with van der Waals surface area (Å²) in [5.41, 5.74) is 0.635. The van der Waals surface area contributed by atoms with Crippen LogP contribution in [0.2, 0.25) is 0 Å². The molecular weight excluding hydrogens is 390 g/mol. The summed E-state index contributed by atoms with van der Waals surface area (Å²) in [6.45, 7) is 0. The molecule has 4 nitrogen and oxygen atoms in total. The first-order valence-corrected chi connectivity index (χ1v) is 7.58. The molecule has 23 heavy (non-hydrogen) atoms. The van der Waals surface area contributed by atoms with Crippen molar-refractivity contribution < 1.29 is 18.3 Å². The predicted molar refractivity (Wildman–Crippen MR) is 93.4 cm³/mol. The van der Waals surface area contributed by atoms with Crippen molar-refractivity contribution in [1.82, 2.24) is 0 Å². The lowest BCUT2D eigenvalue weighted by molar-refractivity contribution is 0.395. The molecule has 0 saturated carbocycles. The predicted octanol–water partition coefficient (Wildman–Crippen LogP) is 4.55. The number of halogens is 3. The normalized spacial score (nSPS) is 10.1. The number of hydrogen-bond acceptors (Lipinski definition) is 3. The Morgan fingerprint density at radius 1 is 1.00 bits per heavy atom. The maximum absolute atomic E-state index is 13.8. The zero-order valence-electron chi connectivity index (χ0n) is 12.2. The highest BCUT2D eigenvalue weighted by Gasteiger charge is 2.11. The molecule has 0 heterocycles. The van der Waals surface area contributed by atoms with Crippen LogP contribution in [0.3, 0.4) is 0 Å². The average Bonchev–Trinajstić information content (AvgIpc) is 2.50. The molecule has 0 aromatic heterocycles. The summed E-state index contributed by atoms with van der Waals surface area (Å²) in [5.74, 6) is -0.298. The third-order valence-corrected chi connectivity index (χ3v) is 3.68. The van der Waals surface area contributed by atoms with E-state index < -0.39 is 11.6 Å². The van der Waals surface area contributed by atoms with Crippen molar-refractivity contribution in [1.29, 1.82) is 0 Å². The van der Waals surface area contributed by atoms with Crippen LogP contribution in [0.15, 0.2) is 34.8 Å². The lowest BCUT2D eigenvalue weighted by atomic mass is 10.2. The van der Waals surface area contributed by atoms with Crippen LogP contribution in [-0.4, -0.2) is 19.3 Å². The zero-order chi connectivity index (χ0) is 17.0. The van der Waals surface area contributed by atoms with E-state index in [4.69, 9.17) is 21.7 Å². The Bertz CT molecular complexity index is 698. The molecule has 0 saturated heterocycles. The average molecular weight is 403 g/mol. The van der Waals surface area contributed by atoms with E-state index in [2.05, 4.69) is 26.6 Å². The number of hydrogen-bond donors (Lipinski definition) is 2. The summed E-state index contributed by atoms with van der Waals surface area (Å²) in [6.07, 6.45) is 0. The summed E-state index contributed by atoms with van der Waals surface area (Å²) >= 11 is 8.23. The Morgan fingerprint density at radius 3 is 2.13 bits per heavy atom. The Morgan fingerprint density at radius 2 is 1.61 bits per heavy atom. The highest BCUT2D eigenvalue weighted by molar-refractivity contribution is 9.10.